The number of phenolic OH excluding ortho intramolecular Hbond substituents is 1. The molecule has 0 bridgehead atoms. The standard InChI is InChI=1S/C8H8O6S.K.H/c1-5(9)14-6-2-3-7(10)8(4-6)15(11,12)13;;/h2-4,10H,1H3,(H,11,12,13);;/q;+1;-1. The Balaban J connectivity index is 0. The Morgan fingerprint density at radius 1 is 1.44 bits per heavy atom. The Kier molecular flexibility index (Phi) is 6.11. The second-order valence-corrected chi connectivity index (χ2v) is 4.09. The summed E-state index contributed by atoms with van der Waals surface area (Å²) in [5, 5.41) is 9.13. The first-order chi connectivity index (χ1) is 6.80. The minimum Gasteiger partial charge on any atom is -1.00 e. The zero-order chi connectivity index (χ0) is 11.6. The number of carbonyl (C=O) groups is 1. The van der Waals surface area contributed by atoms with Gasteiger partial charge in [-0.05, 0) is 12.1 Å². The van der Waals surface area contributed by atoms with Gasteiger partial charge in [0.05, 0.1) is 0 Å². The van der Waals surface area contributed by atoms with Gasteiger partial charge in [-0.3, -0.25) is 9.35 Å². The quantitative estimate of drug-likeness (QED) is 0.271. The van der Waals surface area contributed by atoms with E-state index in [0.717, 1.165) is 19.1 Å². The van der Waals surface area contributed by atoms with Crippen molar-refractivity contribution < 1.29 is 80.4 Å². The zero-order valence-electron chi connectivity index (χ0n) is 9.67. The fourth-order valence-corrected chi connectivity index (χ4v) is 1.53. The van der Waals surface area contributed by atoms with Crippen LogP contribution in [0.1, 0.15) is 8.35 Å². The summed E-state index contributed by atoms with van der Waals surface area (Å²) in [5.41, 5.74) is 0. The molecule has 8 heteroatoms. The number of phenols is 1. The zero-order valence-corrected chi connectivity index (χ0v) is 12.6. The van der Waals surface area contributed by atoms with E-state index in [1.807, 2.05) is 0 Å². The van der Waals surface area contributed by atoms with Gasteiger partial charge in [-0.25, -0.2) is 0 Å². The van der Waals surface area contributed by atoms with Crippen LogP contribution >= 0.6 is 0 Å². The van der Waals surface area contributed by atoms with Gasteiger partial charge in [0.1, 0.15) is 16.4 Å². The molecule has 0 radical (unpaired) electrons. The van der Waals surface area contributed by atoms with Crippen molar-refractivity contribution >= 4 is 16.1 Å². The summed E-state index contributed by atoms with van der Waals surface area (Å²) in [4.78, 5) is 9.86. The van der Waals surface area contributed by atoms with Crippen molar-refractivity contribution in [2.75, 3.05) is 0 Å². The molecule has 0 aromatic heterocycles. The van der Waals surface area contributed by atoms with Gasteiger partial charge in [0.25, 0.3) is 10.1 Å². The molecule has 0 fully saturated rings. The summed E-state index contributed by atoms with van der Waals surface area (Å²) < 4.78 is 34.8. The first kappa shape index (κ1) is 16.0. The monoisotopic (exact) mass is 272 g/mol. The maximum Gasteiger partial charge on any atom is 1.00 e. The van der Waals surface area contributed by atoms with Crippen molar-refractivity contribution in [2.24, 2.45) is 0 Å². The fraction of sp³-hybridized carbons (Fsp3) is 0.125. The molecule has 6 nitrogen and oxygen atoms in total. The maximum absolute atomic E-state index is 10.7. The summed E-state index contributed by atoms with van der Waals surface area (Å²) in [6.45, 7) is 1.14. The number of benzene rings is 1. The molecule has 1 aromatic rings. The van der Waals surface area contributed by atoms with Crippen LogP contribution in [-0.4, -0.2) is 24.0 Å². The molecule has 0 aliphatic heterocycles. The fourth-order valence-electron chi connectivity index (χ4n) is 0.931. The van der Waals surface area contributed by atoms with Gasteiger partial charge in [0.2, 0.25) is 0 Å². The maximum atomic E-state index is 10.7. The van der Waals surface area contributed by atoms with Gasteiger partial charge in [0.15, 0.2) is 0 Å². The van der Waals surface area contributed by atoms with E-state index in [1.54, 1.807) is 0 Å². The summed E-state index contributed by atoms with van der Waals surface area (Å²) in [7, 11) is -4.53. The Hall–Kier alpha value is 0.0364. The average molecular weight is 272 g/mol. The van der Waals surface area contributed by atoms with Gasteiger partial charge >= 0.3 is 57.4 Å². The smallest absolute Gasteiger partial charge is 1.00 e. The molecule has 1 aromatic carbocycles. The van der Waals surface area contributed by atoms with E-state index in [9.17, 15) is 13.2 Å². The summed E-state index contributed by atoms with van der Waals surface area (Å²) >= 11 is 0. The minimum absolute atomic E-state index is 0. The molecular formula is C8H9KO6S. The third kappa shape index (κ3) is 4.50. The van der Waals surface area contributed by atoms with Crippen LogP contribution in [0.4, 0.5) is 0 Å². The van der Waals surface area contributed by atoms with Gasteiger partial charge in [0, 0.05) is 13.0 Å². The van der Waals surface area contributed by atoms with Crippen LogP contribution in [0.5, 0.6) is 11.5 Å². The van der Waals surface area contributed by atoms with E-state index < -0.39 is 26.7 Å². The summed E-state index contributed by atoms with van der Waals surface area (Å²) in [6, 6.07) is 3.05. The predicted molar refractivity (Wildman–Crippen MR) is 50.3 cm³/mol. The second-order valence-electron chi connectivity index (χ2n) is 2.70. The molecule has 0 heterocycles. The van der Waals surface area contributed by atoms with Crippen LogP contribution < -0.4 is 56.1 Å². The van der Waals surface area contributed by atoms with Crippen molar-refractivity contribution in [2.45, 2.75) is 11.8 Å². The van der Waals surface area contributed by atoms with Crippen LogP contribution in [0.3, 0.4) is 0 Å². The first-order valence-corrected chi connectivity index (χ1v) is 5.23. The molecular weight excluding hydrogens is 263 g/mol. The molecule has 16 heavy (non-hydrogen) atoms. The van der Waals surface area contributed by atoms with E-state index >= 15 is 0 Å². The number of hydrogen-bond donors (Lipinski definition) is 2. The van der Waals surface area contributed by atoms with Crippen LogP contribution in [0.25, 0.3) is 0 Å². The van der Waals surface area contributed by atoms with Gasteiger partial charge in [-0.2, -0.15) is 8.42 Å². The van der Waals surface area contributed by atoms with Crippen LogP contribution in [0.15, 0.2) is 23.1 Å². The Labute approximate surface area is 136 Å². The Morgan fingerprint density at radius 2 is 2.00 bits per heavy atom. The van der Waals surface area contributed by atoms with E-state index in [-0.39, 0.29) is 58.6 Å². The second kappa shape index (κ2) is 6.10. The topological polar surface area (TPSA) is 101 Å². The van der Waals surface area contributed by atoms with Crippen molar-refractivity contribution in [1.82, 2.24) is 0 Å². The first-order valence-electron chi connectivity index (χ1n) is 3.79. The molecule has 0 atom stereocenters. The number of aromatic hydroxyl groups is 1. The summed E-state index contributed by atoms with van der Waals surface area (Å²) in [5.74, 6) is -1.33. The normalized spacial score (nSPS) is 10.4. The van der Waals surface area contributed by atoms with Gasteiger partial charge < -0.3 is 11.3 Å². The average Bonchev–Trinajstić information content (AvgIpc) is 2.05. The summed E-state index contributed by atoms with van der Waals surface area (Å²) in [6.07, 6.45) is 0. The molecule has 0 unspecified atom stereocenters. The molecule has 2 N–H and O–H groups in total. The van der Waals surface area contributed by atoms with Crippen LogP contribution in [-0.2, 0) is 14.9 Å². The van der Waals surface area contributed by atoms with Gasteiger partial charge in [-0.1, -0.05) is 0 Å². The van der Waals surface area contributed by atoms with E-state index in [2.05, 4.69) is 4.74 Å². The number of carbonyl (C=O) groups excluding carboxylic acids is 1. The molecule has 0 aliphatic carbocycles. The molecule has 0 amide bonds. The van der Waals surface area contributed by atoms with E-state index in [0.29, 0.717) is 0 Å². The van der Waals surface area contributed by atoms with E-state index in [1.165, 1.54) is 6.07 Å². The largest absolute Gasteiger partial charge is 1.00 e. The molecule has 0 saturated carbocycles. The third-order valence-corrected chi connectivity index (χ3v) is 2.35. The van der Waals surface area contributed by atoms with Gasteiger partial charge in [-0.15, -0.1) is 0 Å². The Morgan fingerprint density at radius 3 is 2.44 bits per heavy atom. The van der Waals surface area contributed by atoms with Crippen molar-refractivity contribution in [3.63, 3.8) is 0 Å². The molecule has 0 aliphatic rings. The van der Waals surface area contributed by atoms with Crippen LogP contribution in [0.2, 0.25) is 0 Å². The third-order valence-electron chi connectivity index (χ3n) is 1.47. The SMILES string of the molecule is CC(=O)Oc1ccc(O)c(S(=O)(=O)O)c1.[H-].[K+]. The number of hydrogen-bond acceptors (Lipinski definition) is 5. The molecule has 0 saturated heterocycles. The molecule has 0 spiro atoms. The number of esters is 1. The molecule has 84 valence electrons. The minimum atomic E-state index is -4.53. The van der Waals surface area contributed by atoms with Crippen molar-refractivity contribution in [3.8, 4) is 11.5 Å². The van der Waals surface area contributed by atoms with Crippen LogP contribution in [0, 0.1) is 0 Å². The number of ether oxygens (including phenoxy) is 1. The molecule has 1 rings (SSSR count). The Bertz CT molecular complexity index is 501. The van der Waals surface area contributed by atoms with E-state index in [4.69, 9.17) is 9.66 Å². The number of rotatable bonds is 2. The predicted octanol–water partition coefficient (Wildman–Crippen LogP) is -2.32. The van der Waals surface area contributed by atoms with Crippen molar-refractivity contribution in [1.29, 1.82) is 0 Å². The van der Waals surface area contributed by atoms with Crippen molar-refractivity contribution in [3.05, 3.63) is 18.2 Å².